The van der Waals surface area contributed by atoms with Crippen LogP contribution < -0.4 is 5.32 Å². The Bertz CT molecular complexity index is 734. The number of H-pyrrole nitrogens is 1. The van der Waals surface area contributed by atoms with Crippen molar-refractivity contribution in [2.45, 2.75) is 0 Å². The van der Waals surface area contributed by atoms with Gasteiger partial charge >= 0.3 is 0 Å². The maximum absolute atomic E-state index is 12.7. The van der Waals surface area contributed by atoms with Gasteiger partial charge in [0.1, 0.15) is 11.6 Å². The highest BCUT2D eigenvalue weighted by atomic mass is 19.1. The van der Waals surface area contributed by atoms with Gasteiger partial charge in [0.15, 0.2) is 0 Å². The van der Waals surface area contributed by atoms with E-state index in [0.717, 1.165) is 17.1 Å². The molecule has 2 N–H and O–H groups in total. The molecule has 0 atom stereocenters. The lowest BCUT2D eigenvalue weighted by Gasteiger charge is -2.02. The van der Waals surface area contributed by atoms with E-state index in [2.05, 4.69) is 15.3 Å². The third kappa shape index (κ3) is 2.18. The molecule has 0 saturated carbocycles. The second-order valence-electron chi connectivity index (χ2n) is 4.06. The van der Waals surface area contributed by atoms with E-state index < -0.39 is 5.82 Å². The summed E-state index contributed by atoms with van der Waals surface area (Å²) in [6.45, 7) is 0. The Morgan fingerprint density at radius 1 is 1.21 bits per heavy atom. The van der Waals surface area contributed by atoms with Crippen LogP contribution in [0.1, 0.15) is 10.4 Å². The van der Waals surface area contributed by atoms with Gasteiger partial charge in [0.25, 0.3) is 5.91 Å². The van der Waals surface area contributed by atoms with E-state index in [1.807, 2.05) is 24.3 Å². The molecule has 19 heavy (non-hydrogen) atoms. The monoisotopic (exact) mass is 255 g/mol. The van der Waals surface area contributed by atoms with E-state index in [4.69, 9.17) is 0 Å². The minimum absolute atomic E-state index is 0.281. The molecule has 5 heteroatoms. The Labute approximate surface area is 108 Å². The maximum atomic E-state index is 12.7. The number of nitrogens with zero attached hydrogens (tertiary/aromatic N) is 1. The maximum Gasteiger partial charge on any atom is 0.258 e. The number of anilines is 1. The van der Waals surface area contributed by atoms with Crippen LogP contribution in [0, 0.1) is 5.82 Å². The Balaban J connectivity index is 1.90. The van der Waals surface area contributed by atoms with Crippen LogP contribution in [0.15, 0.2) is 48.8 Å². The number of benzene rings is 1. The molecule has 0 aliphatic heterocycles. The molecule has 0 saturated heterocycles. The lowest BCUT2D eigenvalue weighted by atomic mass is 10.1. The van der Waals surface area contributed by atoms with Gasteiger partial charge in [0.2, 0.25) is 0 Å². The quantitative estimate of drug-likeness (QED) is 0.739. The van der Waals surface area contributed by atoms with Crippen molar-refractivity contribution in [2.24, 2.45) is 0 Å². The number of nitrogens with one attached hydrogen (secondary N) is 2. The van der Waals surface area contributed by atoms with E-state index >= 15 is 0 Å². The summed E-state index contributed by atoms with van der Waals surface area (Å²) in [7, 11) is 0. The normalized spacial score (nSPS) is 10.6. The minimum atomic E-state index is -0.440. The largest absolute Gasteiger partial charge is 0.360 e. The van der Waals surface area contributed by atoms with Crippen LogP contribution in [-0.4, -0.2) is 15.9 Å². The highest BCUT2D eigenvalue weighted by Crippen LogP contribution is 2.18. The minimum Gasteiger partial charge on any atom is -0.360 e. The summed E-state index contributed by atoms with van der Waals surface area (Å²) < 4.78 is 12.7. The van der Waals surface area contributed by atoms with E-state index in [9.17, 15) is 9.18 Å². The van der Waals surface area contributed by atoms with Gasteiger partial charge in [-0.3, -0.25) is 4.79 Å². The summed E-state index contributed by atoms with van der Waals surface area (Å²) in [6.07, 6.45) is 2.70. The van der Waals surface area contributed by atoms with Crippen molar-refractivity contribution in [3.05, 3.63) is 60.2 Å². The molecule has 3 aromatic rings. The fourth-order valence-corrected chi connectivity index (χ4v) is 1.89. The van der Waals surface area contributed by atoms with Gasteiger partial charge in [-0.05, 0) is 18.2 Å². The molecule has 0 aliphatic rings. The van der Waals surface area contributed by atoms with E-state index in [1.165, 1.54) is 12.1 Å². The Hall–Kier alpha value is -2.69. The first-order valence-electron chi connectivity index (χ1n) is 5.73. The van der Waals surface area contributed by atoms with Crippen molar-refractivity contribution < 1.29 is 9.18 Å². The summed E-state index contributed by atoms with van der Waals surface area (Å²) in [5.74, 6) is -0.404. The van der Waals surface area contributed by atoms with Crippen LogP contribution >= 0.6 is 0 Å². The van der Waals surface area contributed by atoms with Gasteiger partial charge < -0.3 is 10.3 Å². The average molecular weight is 255 g/mol. The van der Waals surface area contributed by atoms with Gasteiger partial charge in [-0.1, -0.05) is 18.2 Å². The Morgan fingerprint density at radius 3 is 2.84 bits per heavy atom. The van der Waals surface area contributed by atoms with Crippen molar-refractivity contribution in [1.29, 1.82) is 0 Å². The van der Waals surface area contributed by atoms with Crippen molar-refractivity contribution in [1.82, 2.24) is 9.97 Å². The molecule has 1 aromatic carbocycles. The van der Waals surface area contributed by atoms with Crippen LogP contribution in [0.5, 0.6) is 0 Å². The zero-order valence-electron chi connectivity index (χ0n) is 9.85. The molecule has 94 valence electrons. The van der Waals surface area contributed by atoms with E-state index in [0.29, 0.717) is 11.4 Å². The summed E-state index contributed by atoms with van der Waals surface area (Å²) in [6, 6.07) is 10.2. The van der Waals surface area contributed by atoms with Gasteiger partial charge in [0.05, 0.1) is 11.8 Å². The highest BCUT2D eigenvalue weighted by Gasteiger charge is 2.12. The number of carbonyl (C=O) groups is 1. The smallest absolute Gasteiger partial charge is 0.258 e. The molecule has 2 aromatic heterocycles. The molecular weight excluding hydrogens is 245 g/mol. The number of rotatable bonds is 2. The van der Waals surface area contributed by atoms with Crippen molar-refractivity contribution >= 4 is 22.6 Å². The topological polar surface area (TPSA) is 57.8 Å². The lowest BCUT2D eigenvalue weighted by Crippen LogP contribution is -2.12. The lowest BCUT2D eigenvalue weighted by molar-refractivity contribution is 0.102. The number of hydrogen-bond acceptors (Lipinski definition) is 2. The molecule has 2 heterocycles. The number of carbonyl (C=O) groups excluding carboxylic acids is 1. The van der Waals surface area contributed by atoms with Crippen molar-refractivity contribution in [2.75, 3.05) is 5.32 Å². The number of para-hydroxylation sites is 1. The standard InChI is InChI=1S/C14H10FN3O/c15-9-5-6-13(17-7-9)18-14(19)11-8-16-12-4-2-1-3-10(11)12/h1-8,16H,(H,17,18,19). The molecule has 4 nitrogen and oxygen atoms in total. The van der Waals surface area contributed by atoms with Gasteiger partial charge in [-0.15, -0.1) is 0 Å². The van der Waals surface area contributed by atoms with Crippen LogP contribution in [0.25, 0.3) is 10.9 Å². The number of aromatic nitrogens is 2. The zero-order chi connectivity index (χ0) is 13.2. The number of pyridine rings is 1. The molecule has 0 aliphatic carbocycles. The zero-order valence-corrected chi connectivity index (χ0v) is 9.85. The van der Waals surface area contributed by atoms with E-state index in [1.54, 1.807) is 6.20 Å². The number of amides is 1. The van der Waals surface area contributed by atoms with Gasteiger partial charge in [0, 0.05) is 17.1 Å². The molecule has 1 amide bonds. The average Bonchev–Trinajstić information content (AvgIpc) is 2.85. The number of fused-ring (bicyclic) bond motifs is 1. The molecule has 0 unspecified atom stereocenters. The summed E-state index contributed by atoms with van der Waals surface area (Å²) >= 11 is 0. The molecule has 0 radical (unpaired) electrons. The Kier molecular flexibility index (Phi) is 2.72. The summed E-state index contributed by atoms with van der Waals surface area (Å²) in [4.78, 5) is 18.9. The SMILES string of the molecule is O=C(Nc1ccc(F)cn1)c1c[nH]c2ccccc12. The Morgan fingerprint density at radius 2 is 2.05 bits per heavy atom. The van der Waals surface area contributed by atoms with Crippen molar-refractivity contribution in [3.8, 4) is 0 Å². The number of halogens is 1. The second kappa shape index (κ2) is 4.53. The highest BCUT2D eigenvalue weighted by molar-refractivity contribution is 6.12. The molecular formula is C14H10FN3O. The first-order valence-corrected chi connectivity index (χ1v) is 5.73. The van der Waals surface area contributed by atoms with Crippen molar-refractivity contribution in [3.63, 3.8) is 0 Å². The second-order valence-corrected chi connectivity index (χ2v) is 4.06. The third-order valence-electron chi connectivity index (χ3n) is 2.80. The summed E-state index contributed by atoms with van der Waals surface area (Å²) in [5.41, 5.74) is 1.42. The van der Waals surface area contributed by atoms with Gasteiger partial charge in [-0.25, -0.2) is 9.37 Å². The fourth-order valence-electron chi connectivity index (χ4n) is 1.89. The van der Waals surface area contributed by atoms with Gasteiger partial charge in [-0.2, -0.15) is 0 Å². The van der Waals surface area contributed by atoms with Crippen LogP contribution in [-0.2, 0) is 0 Å². The van der Waals surface area contributed by atoms with E-state index in [-0.39, 0.29) is 5.91 Å². The first-order chi connectivity index (χ1) is 9.24. The number of hydrogen-bond donors (Lipinski definition) is 2. The molecule has 0 fully saturated rings. The predicted octanol–water partition coefficient (Wildman–Crippen LogP) is 2.95. The fraction of sp³-hybridized carbons (Fsp3) is 0. The predicted molar refractivity (Wildman–Crippen MR) is 70.4 cm³/mol. The summed E-state index contributed by atoms with van der Waals surface area (Å²) in [5, 5.41) is 3.46. The molecule has 0 spiro atoms. The molecule has 0 bridgehead atoms. The van der Waals surface area contributed by atoms with Crippen LogP contribution in [0.4, 0.5) is 10.2 Å². The number of aromatic amines is 1. The molecule has 3 rings (SSSR count). The first kappa shape index (κ1) is 11.4. The third-order valence-corrected chi connectivity index (χ3v) is 2.80. The van der Waals surface area contributed by atoms with Crippen LogP contribution in [0.3, 0.4) is 0 Å². The van der Waals surface area contributed by atoms with Crippen LogP contribution in [0.2, 0.25) is 0 Å².